The molecule has 294 valence electrons. The maximum atomic E-state index is 12.8. The Kier molecular flexibility index (Phi) is 17.5. The van der Waals surface area contributed by atoms with E-state index in [1.807, 2.05) is 0 Å². The first-order valence-corrected chi connectivity index (χ1v) is 21.7. The summed E-state index contributed by atoms with van der Waals surface area (Å²) < 4.78 is 6.13. The summed E-state index contributed by atoms with van der Waals surface area (Å²) in [6.07, 6.45) is 39.3. The summed E-state index contributed by atoms with van der Waals surface area (Å²) in [6, 6.07) is 0. The van der Waals surface area contributed by atoms with Gasteiger partial charge in [-0.1, -0.05) is 96.3 Å². The lowest BCUT2D eigenvalue weighted by Crippen LogP contribution is -2.54. The largest absolute Gasteiger partial charge is 0.480 e. The van der Waals surface area contributed by atoms with Crippen LogP contribution in [0.15, 0.2) is 36.5 Å². The molecule has 4 saturated carbocycles. The summed E-state index contributed by atoms with van der Waals surface area (Å²) >= 11 is 0. The maximum Gasteiger partial charge on any atom is 0.322 e. The molecule has 0 spiro atoms. The molecule has 6 heteroatoms. The molecule has 4 fully saturated rings. The van der Waals surface area contributed by atoms with Gasteiger partial charge in [0, 0.05) is 12.8 Å². The first kappa shape index (κ1) is 42.4. The Balaban J connectivity index is 1.09. The van der Waals surface area contributed by atoms with Gasteiger partial charge in [0.25, 0.3) is 0 Å². The number of unbranched alkanes of at least 4 members (excludes halogenated alkanes) is 7. The van der Waals surface area contributed by atoms with Crippen LogP contribution in [0.3, 0.4) is 0 Å². The first-order chi connectivity index (χ1) is 25.1. The Bertz CT molecular complexity index is 1210. The Labute approximate surface area is 317 Å². The third-order valence-corrected chi connectivity index (χ3v) is 14.5. The van der Waals surface area contributed by atoms with E-state index in [1.165, 1.54) is 83.5 Å². The Morgan fingerprint density at radius 2 is 1.42 bits per heavy atom. The lowest BCUT2D eigenvalue weighted by atomic mass is 9.44. The van der Waals surface area contributed by atoms with E-state index >= 15 is 0 Å². The second-order valence-corrected chi connectivity index (χ2v) is 17.8. The molecule has 6 nitrogen and oxygen atoms in total. The van der Waals surface area contributed by atoms with Crippen LogP contribution >= 0.6 is 0 Å². The number of rotatable bonds is 22. The smallest absolute Gasteiger partial charge is 0.322 e. The van der Waals surface area contributed by atoms with Crippen LogP contribution in [0.25, 0.3) is 0 Å². The first-order valence-electron chi connectivity index (χ1n) is 21.7. The molecule has 0 saturated heterocycles. The minimum atomic E-state index is -0.991. The molecular weight excluding hydrogens is 647 g/mol. The minimum Gasteiger partial charge on any atom is -0.480 e. The molecule has 1 amide bonds. The normalized spacial score (nSPS) is 32.1. The third kappa shape index (κ3) is 12.1. The van der Waals surface area contributed by atoms with Gasteiger partial charge in [-0.05, 0) is 149 Å². The fourth-order valence-corrected chi connectivity index (χ4v) is 11.6. The lowest BCUT2D eigenvalue weighted by Gasteiger charge is -2.61. The highest BCUT2D eigenvalue weighted by molar-refractivity contribution is 5.81. The number of carboxylic acid groups (broad SMARTS) is 1. The summed E-state index contributed by atoms with van der Waals surface area (Å²) in [5.74, 6) is 3.01. The Hall–Kier alpha value is -2.37. The van der Waals surface area contributed by atoms with E-state index in [1.54, 1.807) is 0 Å². The molecule has 0 heterocycles. The van der Waals surface area contributed by atoms with Gasteiger partial charge in [0.05, 0.1) is 0 Å². The van der Waals surface area contributed by atoms with Gasteiger partial charge in [-0.25, -0.2) is 0 Å². The van der Waals surface area contributed by atoms with E-state index in [0.717, 1.165) is 69.1 Å². The Morgan fingerprint density at radius 3 is 2.15 bits per heavy atom. The zero-order valence-corrected chi connectivity index (χ0v) is 33.6. The second-order valence-electron chi connectivity index (χ2n) is 17.8. The summed E-state index contributed by atoms with van der Waals surface area (Å²) in [7, 11) is 0. The second kappa shape index (κ2) is 21.5. The number of fused-ring (bicyclic) bond motifs is 5. The van der Waals surface area contributed by atoms with Gasteiger partial charge >= 0.3 is 11.9 Å². The van der Waals surface area contributed by atoms with Gasteiger partial charge in [-0.3, -0.25) is 14.4 Å². The van der Waals surface area contributed by atoms with Gasteiger partial charge in [-0.15, -0.1) is 0 Å². The Morgan fingerprint density at radius 1 is 0.769 bits per heavy atom. The number of allylic oxidation sites excluding steroid dienone is 6. The number of carboxylic acids is 1. The lowest BCUT2D eigenvalue weighted by molar-refractivity contribution is -0.162. The average Bonchev–Trinajstić information content (AvgIpc) is 3.48. The van der Waals surface area contributed by atoms with Crippen molar-refractivity contribution in [2.45, 2.75) is 181 Å². The van der Waals surface area contributed by atoms with Crippen LogP contribution in [0.1, 0.15) is 175 Å². The van der Waals surface area contributed by atoms with E-state index < -0.39 is 5.97 Å². The summed E-state index contributed by atoms with van der Waals surface area (Å²) in [5.41, 5.74) is 0.701. The topological polar surface area (TPSA) is 92.7 Å². The number of nitrogens with one attached hydrogen (secondary N) is 1. The van der Waals surface area contributed by atoms with Crippen LogP contribution in [0.5, 0.6) is 0 Å². The molecule has 0 aromatic carbocycles. The molecule has 2 N–H and O–H groups in total. The highest BCUT2D eigenvalue weighted by Gasteiger charge is 2.60. The molecule has 9 atom stereocenters. The quantitative estimate of drug-likeness (QED) is 0.0659. The van der Waals surface area contributed by atoms with Crippen molar-refractivity contribution >= 4 is 17.8 Å². The molecule has 0 radical (unpaired) electrons. The van der Waals surface area contributed by atoms with Crippen molar-refractivity contribution in [3.63, 3.8) is 0 Å². The SMILES string of the molecule is CC/C=C\C/C=C\C/C=C\CCCCCCCCCC(=O)OC1CCC2(C)C(CCC3C2CCC2(C)C(C(C)CCC(=O)NCC(=O)O)CCC32)C1. The van der Waals surface area contributed by atoms with Gasteiger partial charge in [0.1, 0.15) is 12.6 Å². The monoisotopic (exact) mass is 722 g/mol. The van der Waals surface area contributed by atoms with Crippen LogP contribution in [-0.4, -0.2) is 35.6 Å². The number of ether oxygens (including phenoxy) is 1. The van der Waals surface area contributed by atoms with Crippen LogP contribution in [-0.2, 0) is 19.1 Å². The summed E-state index contributed by atoms with van der Waals surface area (Å²) in [6.45, 7) is 9.35. The maximum absolute atomic E-state index is 12.8. The standard InChI is InChI=1S/C46H75NO5/c1-5-6-7-8-9-10-11-12-13-14-15-16-17-18-19-20-21-22-44(51)52-37-29-31-45(3)36(33-37)24-25-38-40-27-26-39(46(40,4)32-30-41(38)45)35(2)23-28-42(48)47-34-43(49)50/h6-7,9-10,12-13,35-41H,5,8,11,14-34H2,1-4H3,(H,47,48)(H,49,50)/b7-6-,10-9-,13-12-. The van der Waals surface area contributed by atoms with Crippen LogP contribution in [0.4, 0.5) is 0 Å². The van der Waals surface area contributed by atoms with Crippen molar-refractivity contribution in [3.8, 4) is 0 Å². The number of carbonyl (C=O) groups excluding carboxylic acids is 2. The number of hydrogen-bond donors (Lipinski definition) is 2. The van der Waals surface area contributed by atoms with Gasteiger partial charge in [-0.2, -0.15) is 0 Å². The van der Waals surface area contributed by atoms with E-state index in [0.29, 0.717) is 41.4 Å². The zero-order chi connectivity index (χ0) is 37.4. The summed E-state index contributed by atoms with van der Waals surface area (Å²) in [5, 5.41) is 11.4. The van der Waals surface area contributed by atoms with E-state index in [9.17, 15) is 14.4 Å². The molecule has 52 heavy (non-hydrogen) atoms. The van der Waals surface area contributed by atoms with Gasteiger partial charge in [0.2, 0.25) is 5.91 Å². The van der Waals surface area contributed by atoms with E-state index in [2.05, 4.69) is 69.5 Å². The molecule has 4 rings (SSSR count). The van der Waals surface area contributed by atoms with E-state index in [4.69, 9.17) is 9.84 Å². The number of aliphatic carboxylic acids is 1. The van der Waals surface area contributed by atoms with Crippen molar-refractivity contribution in [3.05, 3.63) is 36.5 Å². The molecule has 9 unspecified atom stereocenters. The van der Waals surface area contributed by atoms with Crippen molar-refractivity contribution in [1.82, 2.24) is 5.32 Å². The molecule has 4 aliphatic rings. The fourth-order valence-electron chi connectivity index (χ4n) is 11.6. The number of hydrogen-bond acceptors (Lipinski definition) is 4. The van der Waals surface area contributed by atoms with Crippen molar-refractivity contribution in [1.29, 1.82) is 0 Å². The molecular formula is C46H75NO5. The summed E-state index contributed by atoms with van der Waals surface area (Å²) in [4.78, 5) is 35.9. The number of carbonyl (C=O) groups is 3. The predicted molar refractivity (Wildman–Crippen MR) is 213 cm³/mol. The average molecular weight is 722 g/mol. The van der Waals surface area contributed by atoms with Crippen LogP contribution in [0.2, 0.25) is 0 Å². The third-order valence-electron chi connectivity index (χ3n) is 14.5. The van der Waals surface area contributed by atoms with Crippen molar-refractivity contribution in [2.24, 2.45) is 46.3 Å². The fraction of sp³-hybridized carbons (Fsp3) is 0.804. The van der Waals surface area contributed by atoms with Crippen molar-refractivity contribution < 1.29 is 24.2 Å². The molecule has 0 bridgehead atoms. The molecule has 0 aromatic heterocycles. The van der Waals surface area contributed by atoms with Crippen LogP contribution in [0, 0.1) is 46.3 Å². The van der Waals surface area contributed by atoms with Gasteiger partial charge < -0.3 is 15.2 Å². The zero-order valence-electron chi connectivity index (χ0n) is 33.6. The minimum absolute atomic E-state index is 0.0280. The predicted octanol–water partition coefficient (Wildman–Crippen LogP) is 11.5. The molecule has 0 aromatic rings. The van der Waals surface area contributed by atoms with E-state index in [-0.39, 0.29) is 24.5 Å². The molecule has 4 aliphatic carbocycles. The number of amides is 1. The van der Waals surface area contributed by atoms with Crippen LogP contribution < -0.4 is 5.32 Å². The highest BCUT2D eigenvalue weighted by atomic mass is 16.5. The van der Waals surface area contributed by atoms with Crippen molar-refractivity contribution in [2.75, 3.05) is 6.54 Å². The highest BCUT2D eigenvalue weighted by Crippen LogP contribution is 2.68. The number of esters is 1. The molecule has 0 aliphatic heterocycles. The van der Waals surface area contributed by atoms with Gasteiger partial charge in [0.15, 0.2) is 0 Å².